The molecule has 20 heavy (non-hydrogen) atoms. The summed E-state index contributed by atoms with van der Waals surface area (Å²) in [7, 11) is 0. The minimum atomic E-state index is -4.35. The number of anilines is 2. The number of hydrogen-bond acceptors (Lipinski definition) is 3. The van der Waals surface area contributed by atoms with Gasteiger partial charge in [0.05, 0.1) is 11.3 Å². The Kier molecular flexibility index (Phi) is 4.13. The van der Waals surface area contributed by atoms with E-state index in [0.29, 0.717) is 24.8 Å². The van der Waals surface area contributed by atoms with Gasteiger partial charge in [-0.05, 0) is 32.0 Å². The summed E-state index contributed by atoms with van der Waals surface area (Å²) in [6.45, 7) is 6.90. The summed E-state index contributed by atoms with van der Waals surface area (Å²) in [6.07, 6.45) is -4.35. The molecule has 2 N–H and O–H groups in total. The van der Waals surface area contributed by atoms with Crippen molar-refractivity contribution in [3.63, 3.8) is 0 Å². The summed E-state index contributed by atoms with van der Waals surface area (Å²) in [6, 6.07) is 4.21. The Labute approximate surface area is 117 Å². The Hall–Kier alpha value is -1.43. The van der Waals surface area contributed by atoms with E-state index in [1.165, 1.54) is 12.1 Å². The molecule has 0 aliphatic carbocycles. The molecular weight excluding hydrogens is 267 g/mol. The Balaban J connectivity index is 2.23. The van der Waals surface area contributed by atoms with Gasteiger partial charge in [0.25, 0.3) is 0 Å². The van der Waals surface area contributed by atoms with Crippen LogP contribution in [0.25, 0.3) is 0 Å². The summed E-state index contributed by atoms with van der Waals surface area (Å²) in [4.78, 5) is 4.04. The van der Waals surface area contributed by atoms with Gasteiger partial charge < -0.3 is 10.6 Å². The Morgan fingerprint density at radius 1 is 1.10 bits per heavy atom. The van der Waals surface area contributed by atoms with Gasteiger partial charge in [-0.2, -0.15) is 13.2 Å². The summed E-state index contributed by atoms with van der Waals surface area (Å²) >= 11 is 0. The minimum Gasteiger partial charge on any atom is -0.399 e. The molecule has 1 aliphatic heterocycles. The highest BCUT2D eigenvalue weighted by Crippen LogP contribution is 2.38. The van der Waals surface area contributed by atoms with Gasteiger partial charge in [0.15, 0.2) is 0 Å². The first-order chi connectivity index (χ1) is 9.29. The molecule has 0 bridgehead atoms. The summed E-state index contributed by atoms with van der Waals surface area (Å²) in [5, 5.41) is 0. The number of nitrogen functional groups attached to an aromatic ring is 1. The van der Waals surface area contributed by atoms with Crippen molar-refractivity contribution in [2.75, 3.05) is 36.8 Å². The van der Waals surface area contributed by atoms with Crippen LogP contribution in [0, 0.1) is 0 Å². The molecule has 112 valence electrons. The number of benzene rings is 1. The highest BCUT2D eigenvalue weighted by atomic mass is 19.4. The van der Waals surface area contributed by atoms with Crippen molar-refractivity contribution < 1.29 is 13.2 Å². The second-order valence-corrected chi connectivity index (χ2v) is 5.39. The van der Waals surface area contributed by atoms with Crippen LogP contribution in [0.2, 0.25) is 0 Å². The van der Waals surface area contributed by atoms with Crippen molar-refractivity contribution in [2.45, 2.75) is 26.1 Å². The van der Waals surface area contributed by atoms with E-state index in [2.05, 4.69) is 18.7 Å². The zero-order chi connectivity index (χ0) is 14.9. The molecular formula is C14H20F3N3. The van der Waals surface area contributed by atoms with E-state index >= 15 is 0 Å². The third-order valence-electron chi connectivity index (χ3n) is 3.71. The third-order valence-corrected chi connectivity index (χ3v) is 3.71. The normalized spacial score (nSPS) is 17.8. The second kappa shape index (κ2) is 5.52. The first-order valence-electron chi connectivity index (χ1n) is 6.75. The third kappa shape index (κ3) is 3.17. The first kappa shape index (κ1) is 15.0. The molecule has 1 saturated heterocycles. The van der Waals surface area contributed by atoms with Crippen molar-refractivity contribution in [1.29, 1.82) is 0 Å². The summed E-state index contributed by atoms with van der Waals surface area (Å²) < 4.78 is 39.2. The minimum absolute atomic E-state index is 0.195. The molecule has 0 spiro atoms. The van der Waals surface area contributed by atoms with E-state index in [4.69, 9.17) is 5.73 Å². The van der Waals surface area contributed by atoms with Crippen molar-refractivity contribution >= 4 is 11.4 Å². The number of nitrogens with zero attached hydrogens (tertiary/aromatic N) is 2. The largest absolute Gasteiger partial charge is 0.418 e. The van der Waals surface area contributed by atoms with Crippen LogP contribution in [0.4, 0.5) is 24.5 Å². The molecule has 2 rings (SSSR count). The average Bonchev–Trinajstić information content (AvgIpc) is 2.37. The molecule has 1 fully saturated rings. The van der Waals surface area contributed by atoms with Crippen LogP contribution in [0.3, 0.4) is 0 Å². The Bertz CT molecular complexity index is 463. The maximum absolute atomic E-state index is 13.1. The smallest absolute Gasteiger partial charge is 0.399 e. The van der Waals surface area contributed by atoms with Crippen LogP contribution in [0.5, 0.6) is 0 Å². The molecule has 0 unspecified atom stereocenters. The predicted molar refractivity (Wildman–Crippen MR) is 74.8 cm³/mol. The number of rotatable bonds is 2. The van der Waals surface area contributed by atoms with Gasteiger partial charge in [-0.15, -0.1) is 0 Å². The standard InChI is InChI=1S/C14H20F3N3/c1-10(2)19-5-7-20(8-6-19)13-9-11(18)3-4-12(13)14(15,16)17/h3-4,9-10H,5-8,18H2,1-2H3. The monoisotopic (exact) mass is 287 g/mol. The molecule has 0 amide bonds. The maximum Gasteiger partial charge on any atom is 0.418 e. The molecule has 0 saturated carbocycles. The van der Waals surface area contributed by atoms with E-state index < -0.39 is 11.7 Å². The van der Waals surface area contributed by atoms with E-state index in [1.54, 1.807) is 4.90 Å². The lowest BCUT2D eigenvalue weighted by Gasteiger charge is -2.39. The number of alkyl halides is 3. The van der Waals surface area contributed by atoms with Crippen molar-refractivity contribution in [1.82, 2.24) is 4.90 Å². The fourth-order valence-electron chi connectivity index (χ4n) is 2.53. The fraction of sp³-hybridized carbons (Fsp3) is 0.571. The molecule has 1 heterocycles. The van der Waals surface area contributed by atoms with Gasteiger partial charge >= 0.3 is 6.18 Å². The van der Waals surface area contributed by atoms with E-state index in [0.717, 1.165) is 19.2 Å². The number of piperazine rings is 1. The lowest BCUT2D eigenvalue weighted by atomic mass is 10.1. The van der Waals surface area contributed by atoms with Crippen LogP contribution < -0.4 is 10.6 Å². The zero-order valence-corrected chi connectivity index (χ0v) is 11.7. The van der Waals surface area contributed by atoms with E-state index in [9.17, 15) is 13.2 Å². The average molecular weight is 287 g/mol. The van der Waals surface area contributed by atoms with Gasteiger partial charge in [0, 0.05) is 37.9 Å². The van der Waals surface area contributed by atoms with E-state index in [1.807, 2.05) is 0 Å². The molecule has 3 nitrogen and oxygen atoms in total. The van der Waals surface area contributed by atoms with Crippen LogP contribution in [-0.4, -0.2) is 37.1 Å². The van der Waals surface area contributed by atoms with Crippen molar-refractivity contribution in [3.8, 4) is 0 Å². The quantitative estimate of drug-likeness (QED) is 0.849. The Morgan fingerprint density at radius 3 is 2.20 bits per heavy atom. The van der Waals surface area contributed by atoms with Crippen molar-refractivity contribution in [3.05, 3.63) is 23.8 Å². The van der Waals surface area contributed by atoms with Crippen LogP contribution >= 0.6 is 0 Å². The molecule has 0 radical (unpaired) electrons. The molecule has 1 aromatic rings. The molecule has 1 aromatic carbocycles. The highest BCUT2D eigenvalue weighted by molar-refractivity contribution is 5.62. The first-order valence-corrected chi connectivity index (χ1v) is 6.75. The van der Waals surface area contributed by atoms with Gasteiger partial charge in [-0.1, -0.05) is 0 Å². The Morgan fingerprint density at radius 2 is 1.70 bits per heavy atom. The van der Waals surface area contributed by atoms with Gasteiger partial charge in [0.1, 0.15) is 0 Å². The molecule has 1 aliphatic rings. The number of nitrogens with two attached hydrogens (primary N) is 1. The molecule has 0 aromatic heterocycles. The number of hydrogen-bond donors (Lipinski definition) is 1. The zero-order valence-electron chi connectivity index (χ0n) is 11.7. The van der Waals surface area contributed by atoms with E-state index in [-0.39, 0.29) is 5.69 Å². The van der Waals surface area contributed by atoms with Crippen LogP contribution in [0.1, 0.15) is 19.4 Å². The molecule has 6 heteroatoms. The lowest BCUT2D eigenvalue weighted by molar-refractivity contribution is -0.137. The second-order valence-electron chi connectivity index (χ2n) is 5.39. The maximum atomic E-state index is 13.1. The van der Waals surface area contributed by atoms with Crippen LogP contribution in [-0.2, 0) is 6.18 Å². The van der Waals surface area contributed by atoms with Gasteiger partial charge in [-0.25, -0.2) is 0 Å². The molecule has 0 atom stereocenters. The number of halogens is 3. The predicted octanol–water partition coefficient (Wildman–Crippen LogP) is 2.82. The SMILES string of the molecule is CC(C)N1CCN(c2cc(N)ccc2C(F)(F)F)CC1. The fourth-order valence-corrected chi connectivity index (χ4v) is 2.53. The summed E-state index contributed by atoms with van der Waals surface area (Å²) in [5.74, 6) is 0. The highest BCUT2D eigenvalue weighted by Gasteiger charge is 2.35. The summed E-state index contributed by atoms with van der Waals surface area (Å²) in [5.41, 5.74) is 5.60. The van der Waals surface area contributed by atoms with Gasteiger partial charge in [-0.3, -0.25) is 4.90 Å². The lowest BCUT2D eigenvalue weighted by Crippen LogP contribution is -2.49. The van der Waals surface area contributed by atoms with Crippen LogP contribution in [0.15, 0.2) is 18.2 Å². The van der Waals surface area contributed by atoms with Crippen molar-refractivity contribution in [2.24, 2.45) is 0 Å². The van der Waals surface area contributed by atoms with Gasteiger partial charge in [0.2, 0.25) is 0 Å². The topological polar surface area (TPSA) is 32.5 Å².